The van der Waals surface area contributed by atoms with Gasteiger partial charge in [0.2, 0.25) is 0 Å². The minimum atomic E-state index is -0.290. The van der Waals surface area contributed by atoms with Gasteiger partial charge in [-0.1, -0.05) is 52.4 Å². The van der Waals surface area contributed by atoms with Crippen molar-refractivity contribution in [2.75, 3.05) is 0 Å². The Hall–Kier alpha value is -0.0400. The van der Waals surface area contributed by atoms with Crippen LogP contribution in [0.1, 0.15) is 90.9 Å². The summed E-state index contributed by atoms with van der Waals surface area (Å²) in [7, 11) is 0. The number of hydrogen-bond donors (Lipinski definition) is 1. The average Bonchev–Trinajstić information content (AvgIpc) is 2.43. The predicted octanol–water partition coefficient (Wildman–Crippen LogP) is 5.31. The first-order chi connectivity index (χ1) is 9.18. The van der Waals surface area contributed by atoms with Gasteiger partial charge in [0.15, 0.2) is 0 Å². The molecular weight excluding hydrogens is 232 g/mol. The fourth-order valence-corrected chi connectivity index (χ4v) is 4.68. The largest absolute Gasteiger partial charge is 0.390 e. The van der Waals surface area contributed by atoms with Gasteiger partial charge in [0.1, 0.15) is 0 Å². The molecule has 0 amide bonds. The summed E-state index contributed by atoms with van der Waals surface area (Å²) in [5.74, 6) is 2.48. The zero-order chi connectivity index (χ0) is 13.7. The molecule has 0 bridgehead atoms. The molecule has 1 nitrogen and oxygen atoms in total. The van der Waals surface area contributed by atoms with E-state index in [1.54, 1.807) is 0 Å². The lowest BCUT2D eigenvalue weighted by atomic mass is 9.65. The van der Waals surface area contributed by atoms with Gasteiger partial charge < -0.3 is 5.11 Å². The summed E-state index contributed by atoms with van der Waals surface area (Å²) in [6, 6.07) is 0. The highest BCUT2D eigenvalue weighted by molar-refractivity contribution is 4.93. The van der Waals surface area contributed by atoms with E-state index in [1.165, 1.54) is 64.2 Å². The van der Waals surface area contributed by atoms with Gasteiger partial charge in [0, 0.05) is 0 Å². The number of hydrogen-bond acceptors (Lipinski definition) is 1. The van der Waals surface area contributed by atoms with Gasteiger partial charge in [-0.3, -0.25) is 0 Å². The quantitative estimate of drug-likeness (QED) is 0.714. The summed E-state index contributed by atoms with van der Waals surface area (Å²) >= 11 is 0. The minimum Gasteiger partial charge on any atom is -0.390 e. The van der Waals surface area contributed by atoms with E-state index in [9.17, 15) is 5.11 Å². The van der Waals surface area contributed by atoms with E-state index in [0.717, 1.165) is 24.7 Å². The van der Waals surface area contributed by atoms with Gasteiger partial charge in [0.25, 0.3) is 0 Å². The molecular formula is C18H34O. The van der Waals surface area contributed by atoms with Crippen LogP contribution in [0.15, 0.2) is 0 Å². The van der Waals surface area contributed by atoms with Crippen molar-refractivity contribution in [3.63, 3.8) is 0 Å². The van der Waals surface area contributed by atoms with Crippen LogP contribution in [-0.2, 0) is 0 Å². The molecule has 2 aliphatic rings. The fraction of sp³-hybridized carbons (Fsp3) is 1.00. The molecule has 2 saturated carbocycles. The van der Waals surface area contributed by atoms with E-state index in [4.69, 9.17) is 0 Å². The molecule has 0 heterocycles. The number of rotatable bonds is 5. The highest BCUT2D eigenvalue weighted by atomic mass is 16.3. The van der Waals surface area contributed by atoms with E-state index in [-0.39, 0.29) is 5.60 Å². The van der Waals surface area contributed by atoms with Crippen LogP contribution in [0.2, 0.25) is 0 Å². The third kappa shape index (κ3) is 3.97. The Morgan fingerprint density at radius 3 is 1.74 bits per heavy atom. The van der Waals surface area contributed by atoms with Gasteiger partial charge in [-0.15, -0.1) is 0 Å². The van der Waals surface area contributed by atoms with Crippen molar-refractivity contribution >= 4 is 0 Å². The molecule has 2 rings (SSSR count). The van der Waals surface area contributed by atoms with Crippen molar-refractivity contribution in [1.82, 2.24) is 0 Å². The summed E-state index contributed by atoms with van der Waals surface area (Å²) in [6.07, 6.45) is 15.5. The maximum atomic E-state index is 11.0. The van der Waals surface area contributed by atoms with Gasteiger partial charge in [-0.25, -0.2) is 0 Å². The van der Waals surface area contributed by atoms with Crippen molar-refractivity contribution in [1.29, 1.82) is 0 Å². The van der Waals surface area contributed by atoms with E-state index in [2.05, 4.69) is 13.8 Å². The summed E-state index contributed by atoms with van der Waals surface area (Å²) < 4.78 is 0. The van der Waals surface area contributed by atoms with E-state index in [0.29, 0.717) is 5.92 Å². The first-order valence-electron chi connectivity index (χ1n) is 8.90. The summed E-state index contributed by atoms with van der Waals surface area (Å²) in [5.41, 5.74) is -0.290. The summed E-state index contributed by atoms with van der Waals surface area (Å²) in [4.78, 5) is 0. The molecule has 0 saturated heterocycles. The van der Waals surface area contributed by atoms with Crippen LogP contribution in [0.3, 0.4) is 0 Å². The second-order valence-electron chi connectivity index (χ2n) is 7.34. The van der Waals surface area contributed by atoms with E-state index < -0.39 is 0 Å². The molecule has 0 spiro atoms. The standard InChI is InChI=1S/C18H34O/c1-3-5-15-7-9-17(10-8-15)18(19)13-11-16(6-4-2)12-14-18/h15-17,19H,3-14H2,1-2H3/t15?,16-,17?,18+. The molecule has 0 aliphatic heterocycles. The maximum absolute atomic E-state index is 11.0. The zero-order valence-corrected chi connectivity index (χ0v) is 13.2. The van der Waals surface area contributed by atoms with Crippen molar-refractivity contribution in [3.8, 4) is 0 Å². The van der Waals surface area contributed by atoms with Crippen LogP contribution in [0.4, 0.5) is 0 Å². The first kappa shape index (κ1) is 15.4. The average molecular weight is 266 g/mol. The predicted molar refractivity (Wildman–Crippen MR) is 82.2 cm³/mol. The second kappa shape index (κ2) is 7.11. The highest BCUT2D eigenvalue weighted by Crippen LogP contribution is 2.45. The smallest absolute Gasteiger partial charge is 0.0676 e. The van der Waals surface area contributed by atoms with Gasteiger partial charge in [-0.2, -0.15) is 0 Å². The van der Waals surface area contributed by atoms with Crippen molar-refractivity contribution in [2.24, 2.45) is 17.8 Å². The monoisotopic (exact) mass is 266 g/mol. The Bertz CT molecular complexity index is 244. The molecule has 0 atom stereocenters. The van der Waals surface area contributed by atoms with Crippen LogP contribution in [0.25, 0.3) is 0 Å². The van der Waals surface area contributed by atoms with Crippen LogP contribution in [-0.4, -0.2) is 10.7 Å². The van der Waals surface area contributed by atoms with Crippen LogP contribution in [0, 0.1) is 17.8 Å². The van der Waals surface area contributed by atoms with Gasteiger partial charge in [0.05, 0.1) is 5.60 Å². The summed E-state index contributed by atoms with van der Waals surface area (Å²) in [5, 5.41) is 11.0. The van der Waals surface area contributed by atoms with E-state index >= 15 is 0 Å². The minimum absolute atomic E-state index is 0.290. The van der Waals surface area contributed by atoms with Crippen molar-refractivity contribution in [3.05, 3.63) is 0 Å². The number of aliphatic hydroxyl groups is 1. The summed E-state index contributed by atoms with van der Waals surface area (Å²) in [6.45, 7) is 4.59. The molecule has 0 aromatic rings. The van der Waals surface area contributed by atoms with Crippen molar-refractivity contribution in [2.45, 2.75) is 96.5 Å². The molecule has 19 heavy (non-hydrogen) atoms. The normalized spacial score (nSPS) is 40.3. The Balaban J connectivity index is 1.79. The Morgan fingerprint density at radius 1 is 0.789 bits per heavy atom. The molecule has 0 aromatic carbocycles. The molecule has 1 heteroatoms. The lowest BCUT2D eigenvalue weighted by molar-refractivity contribution is -0.0751. The highest BCUT2D eigenvalue weighted by Gasteiger charge is 2.41. The van der Waals surface area contributed by atoms with Gasteiger partial charge >= 0.3 is 0 Å². The fourth-order valence-electron chi connectivity index (χ4n) is 4.68. The molecule has 2 aliphatic carbocycles. The van der Waals surface area contributed by atoms with Crippen LogP contribution in [0.5, 0.6) is 0 Å². The Labute approximate surface area is 120 Å². The molecule has 0 radical (unpaired) electrons. The molecule has 1 N–H and O–H groups in total. The van der Waals surface area contributed by atoms with Crippen molar-refractivity contribution < 1.29 is 5.11 Å². The second-order valence-corrected chi connectivity index (χ2v) is 7.34. The third-order valence-electron chi connectivity index (χ3n) is 5.97. The molecule has 2 fully saturated rings. The van der Waals surface area contributed by atoms with Crippen LogP contribution < -0.4 is 0 Å². The molecule has 112 valence electrons. The lowest BCUT2D eigenvalue weighted by Gasteiger charge is -2.44. The SMILES string of the molecule is CCCC1CCC([C@]2(O)CC[C@@H](CCC)CC2)CC1. The zero-order valence-electron chi connectivity index (χ0n) is 13.2. The third-order valence-corrected chi connectivity index (χ3v) is 5.97. The molecule has 0 aromatic heterocycles. The first-order valence-corrected chi connectivity index (χ1v) is 8.90. The topological polar surface area (TPSA) is 20.2 Å². The Kier molecular flexibility index (Phi) is 5.74. The van der Waals surface area contributed by atoms with Gasteiger partial charge in [-0.05, 0) is 56.3 Å². The lowest BCUT2D eigenvalue weighted by Crippen LogP contribution is -2.43. The maximum Gasteiger partial charge on any atom is 0.0676 e. The van der Waals surface area contributed by atoms with Crippen LogP contribution >= 0.6 is 0 Å². The Morgan fingerprint density at radius 2 is 1.26 bits per heavy atom. The van der Waals surface area contributed by atoms with E-state index in [1.807, 2.05) is 0 Å². The molecule has 0 unspecified atom stereocenters.